The number of carbonyl (C=O) groups excluding carboxylic acids is 4. The van der Waals surface area contributed by atoms with Crippen molar-refractivity contribution < 1.29 is 66.6 Å². The summed E-state index contributed by atoms with van der Waals surface area (Å²) in [7, 11) is 2.85. The van der Waals surface area contributed by atoms with Crippen LogP contribution in [-0.4, -0.2) is 177 Å². The molecule has 3 aromatic carbocycles. The van der Waals surface area contributed by atoms with E-state index in [0.29, 0.717) is 33.8 Å². The van der Waals surface area contributed by atoms with Crippen molar-refractivity contribution in [2.45, 2.75) is 191 Å². The Balaban J connectivity index is 1.30. The highest BCUT2D eigenvalue weighted by atomic mass is 35.5. The predicted octanol–water partition coefficient (Wildman–Crippen LogP) is 5.19. The Kier molecular flexibility index (Phi) is 23.7. The Hall–Kier alpha value is -4.62. The first-order chi connectivity index (χ1) is 38.9. The third kappa shape index (κ3) is 18.2. The minimum atomic E-state index is -4.01. The lowest BCUT2D eigenvalue weighted by Crippen LogP contribution is -2.61. The van der Waals surface area contributed by atoms with Crippen LogP contribution in [0.1, 0.15) is 105 Å². The fourth-order valence-electron chi connectivity index (χ4n) is 11.9. The van der Waals surface area contributed by atoms with Crippen LogP contribution < -0.4 is 20.7 Å². The summed E-state index contributed by atoms with van der Waals surface area (Å²) in [4.78, 5) is 61.4. The second-order valence-electron chi connectivity index (χ2n) is 24.5. The second-order valence-corrected chi connectivity index (χ2v) is 26.7. The average molecular weight is 1200 g/mol. The fraction of sp³-hybridized carbons (Fsp3) is 0.639. The van der Waals surface area contributed by atoms with E-state index in [1.54, 1.807) is 139 Å². The molecule has 22 heteroatoms. The van der Waals surface area contributed by atoms with E-state index in [-0.39, 0.29) is 68.4 Å². The number of aliphatic hydroxyl groups is 3. The molecule has 0 aliphatic carbocycles. The summed E-state index contributed by atoms with van der Waals surface area (Å²) in [6.07, 6.45) is -7.13. The lowest BCUT2D eigenvalue weighted by molar-refractivity contribution is -0.317. The van der Waals surface area contributed by atoms with Crippen molar-refractivity contribution in [2.75, 3.05) is 40.1 Å². The van der Waals surface area contributed by atoms with Crippen LogP contribution >= 0.6 is 11.6 Å². The Morgan fingerprint density at radius 3 is 2.17 bits per heavy atom. The zero-order valence-electron chi connectivity index (χ0n) is 50.4. The largest absolute Gasteiger partial charge is 0.387 e. The van der Waals surface area contributed by atoms with Gasteiger partial charge in [0.15, 0.2) is 12.6 Å². The number of sulfonamides is 1. The fourth-order valence-corrected chi connectivity index (χ4v) is 13.4. The quantitative estimate of drug-likeness (QED) is 0.0918. The summed E-state index contributed by atoms with van der Waals surface area (Å²) >= 11 is 6.48. The summed E-state index contributed by atoms with van der Waals surface area (Å²) in [6.45, 7) is 16.1. The van der Waals surface area contributed by atoms with Crippen LogP contribution in [0.15, 0.2) is 78.9 Å². The molecule has 0 spiro atoms. The van der Waals surface area contributed by atoms with Crippen LogP contribution in [0.5, 0.6) is 0 Å². The highest BCUT2D eigenvalue weighted by Gasteiger charge is 2.51. The third-order valence-corrected chi connectivity index (χ3v) is 18.3. The molecule has 7 N–H and O–H groups in total. The first-order valence-electron chi connectivity index (χ1n) is 28.8. The lowest BCUT2D eigenvalue weighted by Gasteiger charge is -2.49. The maximum absolute atomic E-state index is 14.9. The molecule has 4 amide bonds. The van der Waals surface area contributed by atoms with Gasteiger partial charge in [-0.3, -0.25) is 19.2 Å². The number of nitrogens with zero attached hydrogens (tertiary/aromatic N) is 2. The van der Waals surface area contributed by atoms with Crippen molar-refractivity contribution in [2.24, 2.45) is 23.7 Å². The molecule has 20 nitrogen and oxygen atoms in total. The van der Waals surface area contributed by atoms with E-state index in [1.165, 1.54) is 7.11 Å². The second kappa shape index (κ2) is 29.2. The van der Waals surface area contributed by atoms with Gasteiger partial charge in [0.25, 0.3) is 0 Å². The number of rotatable bonds is 17. The molecule has 0 radical (unpaired) electrons. The molecule has 3 aliphatic heterocycles. The van der Waals surface area contributed by atoms with Crippen molar-refractivity contribution in [3.63, 3.8) is 0 Å². The van der Waals surface area contributed by atoms with Crippen LogP contribution in [-0.2, 0) is 71.5 Å². The van der Waals surface area contributed by atoms with E-state index in [9.17, 15) is 42.9 Å². The number of benzene rings is 3. The number of amides is 4. The van der Waals surface area contributed by atoms with Gasteiger partial charge in [-0.15, -0.1) is 0 Å². The first kappa shape index (κ1) is 67.5. The van der Waals surface area contributed by atoms with Crippen LogP contribution in [0.4, 0.5) is 5.69 Å². The molecule has 6 rings (SSSR count). The molecule has 0 aromatic heterocycles. The summed E-state index contributed by atoms with van der Waals surface area (Å²) in [5.74, 6) is -5.13. The van der Waals surface area contributed by atoms with Gasteiger partial charge < -0.3 is 64.8 Å². The van der Waals surface area contributed by atoms with Crippen molar-refractivity contribution >= 4 is 50.9 Å². The van der Waals surface area contributed by atoms with Crippen molar-refractivity contribution in [3.05, 3.63) is 101 Å². The van der Waals surface area contributed by atoms with Crippen LogP contribution in [0.2, 0.25) is 5.02 Å². The number of likely N-dealkylation sites (N-methyl/N-ethyl adjacent to an activating group) is 1. The zero-order valence-corrected chi connectivity index (χ0v) is 52.0. The van der Waals surface area contributed by atoms with E-state index in [2.05, 4.69) is 20.7 Å². The van der Waals surface area contributed by atoms with Gasteiger partial charge >= 0.3 is 0 Å². The van der Waals surface area contributed by atoms with Crippen LogP contribution in [0, 0.1) is 23.7 Å². The minimum Gasteiger partial charge on any atom is -0.387 e. The number of hydrogen-bond acceptors (Lipinski definition) is 15. The number of anilines is 1. The standard InChI is InChI=1S/C61H91ClN6O14S/c1-35(2)51-58(74)64-45(28-41-23-25-44(26-24-41)63-57(73)47(29-43-21-17-18-22-46(43)62)66-83(76,77)34-42-19-15-14-16-20-42)30-49(69)68(12)33-36(3)31-60(8,75)55(82-59-52(70)48(67(10)11)27-37(4)79-59)38(5)53(39(6)56(72)65-51)81-50-32-61(9,78-13)54(71)40(7)80-50/h14-26,35-40,45,47-48,50-55,59,66,70-71,75H,27-34H2,1-13H3,(H,63,73)(H,64,74)(H,65,72)/t36-,37-,38+,39-,40+,45-,47+,48+,50+,51+,52-,53+,54+,55-,59+,60-,61-/m1/s1. The molecule has 3 aromatic rings. The van der Waals surface area contributed by atoms with E-state index in [0.717, 1.165) is 0 Å². The molecule has 0 unspecified atom stereocenters. The molecule has 0 saturated carbocycles. The van der Waals surface area contributed by atoms with E-state index < -0.39 is 118 Å². The van der Waals surface area contributed by atoms with Crippen molar-refractivity contribution in [1.82, 2.24) is 25.2 Å². The highest BCUT2D eigenvalue weighted by molar-refractivity contribution is 7.88. The maximum Gasteiger partial charge on any atom is 0.243 e. The number of carbonyl (C=O) groups is 4. The van der Waals surface area contributed by atoms with E-state index in [1.807, 2.05) is 32.8 Å². The van der Waals surface area contributed by atoms with E-state index >= 15 is 0 Å². The average Bonchev–Trinajstić information content (AvgIpc) is 3.40. The van der Waals surface area contributed by atoms with Gasteiger partial charge in [-0.25, -0.2) is 13.1 Å². The molecule has 3 saturated heterocycles. The molecule has 83 heavy (non-hydrogen) atoms. The van der Waals surface area contributed by atoms with Gasteiger partial charge in [0.05, 0.1) is 47.3 Å². The molecule has 17 atom stereocenters. The van der Waals surface area contributed by atoms with E-state index in [4.69, 9.17) is 35.3 Å². The number of nitrogens with one attached hydrogen (secondary N) is 4. The SMILES string of the molecule is CO[C@]1(C)C[C@H](O[C@H]2[C@H](C)[C@@H](O[C@@H]3O[C@H](C)C[C@H](N(C)C)[C@H]3O)[C@](C)(O)C[C@@H](C)CN(C)C(=O)C[C@@H](Cc3ccc(NC(=O)[C@H](Cc4ccccc4Cl)NS(=O)(=O)Cc4ccccc4)cc3)NC(=O)[C@H](C(C)C)NC(=O)[C@@H]2C)O[C@@H](C)[C@@H]1O. The predicted molar refractivity (Wildman–Crippen MR) is 316 cm³/mol. The summed E-state index contributed by atoms with van der Waals surface area (Å²) in [5, 5.41) is 45.1. The number of aliphatic hydroxyl groups excluding tert-OH is 2. The normalized spacial score (nSPS) is 33.3. The lowest BCUT2D eigenvalue weighted by atomic mass is 9.77. The van der Waals surface area contributed by atoms with Gasteiger partial charge in [0, 0.05) is 62.3 Å². The molecular formula is C61H91ClN6O14S. The molecular weight excluding hydrogens is 1110 g/mol. The van der Waals surface area contributed by atoms with Gasteiger partial charge in [-0.2, -0.15) is 0 Å². The van der Waals surface area contributed by atoms with Crippen molar-refractivity contribution in [1.29, 1.82) is 0 Å². The molecule has 0 bridgehead atoms. The Morgan fingerprint density at radius 1 is 0.892 bits per heavy atom. The van der Waals surface area contributed by atoms with Crippen LogP contribution in [0.25, 0.3) is 0 Å². The molecule has 3 aliphatic rings. The maximum atomic E-state index is 14.9. The molecule has 3 fully saturated rings. The topological polar surface area (TPSA) is 264 Å². The van der Waals surface area contributed by atoms with Crippen LogP contribution in [0.3, 0.4) is 0 Å². The monoisotopic (exact) mass is 1200 g/mol. The van der Waals surface area contributed by atoms with Gasteiger partial charge in [-0.1, -0.05) is 107 Å². The Bertz CT molecular complexity index is 2740. The highest BCUT2D eigenvalue weighted by Crippen LogP contribution is 2.39. The summed E-state index contributed by atoms with van der Waals surface area (Å²) in [5.41, 5.74) is -0.668. The Morgan fingerprint density at radius 2 is 1.54 bits per heavy atom. The number of ether oxygens (including phenoxy) is 5. The number of hydrogen-bond donors (Lipinski definition) is 7. The first-order valence-corrected chi connectivity index (χ1v) is 30.9. The van der Waals surface area contributed by atoms with Gasteiger partial charge in [-0.05, 0) is 114 Å². The number of methoxy groups -OCH3 is 1. The zero-order chi connectivity index (χ0) is 61.3. The van der Waals surface area contributed by atoms with Gasteiger partial charge in [0.1, 0.15) is 24.3 Å². The molecule has 3 heterocycles. The van der Waals surface area contributed by atoms with Gasteiger partial charge in [0.2, 0.25) is 33.7 Å². The number of halogens is 1. The third-order valence-electron chi connectivity index (χ3n) is 16.6. The Labute approximate surface area is 496 Å². The molecule has 462 valence electrons. The minimum absolute atomic E-state index is 0.0362. The summed E-state index contributed by atoms with van der Waals surface area (Å²) < 4.78 is 61.6. The summed E-state index contributed by atoms with van der Waals surface area (Å²) in [6, 6.07) is 18.7. The van der Waals surface area contributed by atoms with Crippen molar-refractivity contribution in [3.8, 4) is 0 Å². The smallest absolute Gasteiger partial charge is 0.243 e.